The van der Waals surface area contributed by atoms with E-state index in [1.165, 1.54) is 7.11 Å². The highest BCUT2D eigenvalue weighted by Crippen LogP contribution is 2.36. The Balaban J connectivity index is 2.05. The first kappa shape index (κ1) is 25.5. The van der Waals surface area contributed by atoms with Gasteiger partial charge in [0.15, 0.2) is 29.2 Å². The van der Waals surface area contributed by atoms with Crippen molar-refractivity contribution in [2.45, 2.75) is 70.3 Å². The van der Waals surface area contributed by atoms with Crippen LogP contribution in [0.4, 0.5) is 0 Å². The van der Waals surface area contributed by atoms with Crippen molar-refractivity contribution in [3.05, 3.63) is 59.2 Å². The van der Waals surface area contributed by atoms with Crippen LogP contribution in [0.25, 0.3) is 0 Å². The second-order valence-electron chi connectivity index (χ2n) is 8.91. The van der Waals surface area contributed by atoms with Gasteiger partial charge in [-0.25, -0.2) is 0 Å². The van der Waals surface area contributed by atoms with Gasteiger partial charge in [0.05, 0.1) is 13.0 Å². The lowest BCUT2D eigenvalue weighted by atomic mass is 9.83. The second-order valence-corrected chi connectivity index (χ2v) is 8.91. The van der Waals surface area contributed by atoms with Crippen molar-refractivity contribution in [2.75, 3.05) is 7.11 Å². The minimum Gasteiger partial charge on any atom is -0.504 e. The molecule has 180 valence electrons. The number of aromatic hydroxyl groups is 1. The number of Topliss-reactive ketones (excluding diaryl/α,β-unsaturated/α-hetero) is 2. The third-order valence-corrected chi connectivity index (χ3v) is 6.50. The molecule has 0 bridgehead atoms. The second kappa shape index (κ2) is 12.4. The van der Waals surface area contributed by atoms with E-state index < -0.39 is 23.6 Å². The Morgan fingerprint density at radius 3 is 2.53 bits per heavy atom. The van der Waals surface area contributed by atoms with E-state index >= 15 is 0 Å². The first-order valence-electron chi connectivity index (χ1n) is 12.1. The molecule has 3 atom stereocenters. The van der Waals surface area contributed by atoms with Crippen LogP contribution in [-0.4, -0.2) is 35.0 Å². The maximum absolute atomic E-state index is 13.0. The van der Waals surface area contributed by atoms with Crippen LogP contribution in [0.2, 0.25) is 0 Å². The van der Waals surface area contributed by atoms with Gasteiger partial charge >= 0.3 is 0 Å². The molecule has 0 radical (unpaired) electrons. The number of carbonyl (C=O) groups excluding carboxylic acids is 2. The molecule has 0 aliphatic heterocycles. The maximum atomic E-state index is 13.0. The predicted octanol–water partition coefficient (Wildman–Crippen LogP) is 4.96. The first-order valence-corrected chi connectivity index (χ1v) is 12.1. The van der Waals surface area contributed by atoms with E-state index in [1.54, 1.807) is 12.1 Å². The van der Waals surface area contributed by atoms with Crippen molar-refractivity contribution in [3.8, 4) is 23.3 Å². The van der Waals surface area contributed by atoms with Crippen molar-refractivity contribution in [1.82, 2.24) is 0 Å². The van der Waals surface area contributed by atoms with E-state index in [0.717, 1.165) is 42.4 Å². The average molecular weight is 463 g/mol. The topological polar surface area (TPSA) is 83.8 Å². The summed E-state index contributed by atoms with van der Waals surface area (Å²) in [6.07, 6.45) is 3.67. The van der Waals surface area contributed by atoms with Gasteiger partial charge in [-0.15, -0.1) is 5.92 Å². The van der Waals surface area contributed by atoms with Crippen LogP contribution < -0.4 is 4.74 Å². The van der Waals surface area contributed by atoms with Crippen molar-refractivity contribution >= 4 is 11.6 Å². The molecular weight excluding hydrogens is 428 g/mol. The molecule has 0 fully saturated rings. The normalized spacial score (nSPS) is 21.0. The van der Waals surface area contributed by atoms with Gasteiger partial charge in [-0.05, 0) is 41.7 Å². The van der Waals surface area contributed by atoms with Crippen LogP contribution in [0, 0.1) is 17.8 Å². The number of hydrogen-bond acceptors (Lipinski definition) is 5. The highest BCUT2D eigenvalue weighted by Gasteiger charge is 2.30. The fraction of sp³-hybridized carbons (Fsp3) is 0.448. The molecule has 0 saturated carbocycles. The number of carbonyl (C=O) groups is 2. The molecule has 1 aliphatic carbocycles. The van der Waals surface area contributed by atoms with Crippen LogP contribution >= 0.6 is 0 Å². The number of benzene rings is 2. The quantitative estimate of drug-likeness (QED) is 0.345. The molecule has 3 rings (SSSR count). The standard InChI is InChI=1S/C29H34O5/c1-3-4-5-7-13-21-14-10-15-23(20-11-8-6-9-12-20)24-19-26(31)27(34-2)18-22(24)16-17-25(30)29(33)28(21)32/h6,8-9,11-12,18-19,21,23,29,31,33H,3-5,7,13-14,16-17H2,1-2H3. The Hall–Kier alpha value is -3.10. The number of aryl methyl sites for hydroxylation is 1. The SMILES string of the molecule is CCCCCCC1CC#CC(c2ccccc2)c2cc(O)c(OC)cc2CCC(=O)C(O)C1=O. The number of ether oxygens (including phenoxy) is 1. The number of ketones is 2. The fourth-order valence-corrected chi connectivity index (χ4v) is 4.48. The van der Waals surface area contributed by atoms with Gasteiger partial charge in [-0.2, -0.15) is 0 Å². The fourth-order valence-electron chi connectivity index (χ4n) is 4.48. The molecule has 2 aromatic carbocycles. The lowest BCUT2D eigenvalue weighted by molar-refractivity contribution is -0.141. The van der Waals surface area contributed by atoms with Gasteiger partial charge < -0.3 is 14.9 Å². The first-order chi connectivity index (χ1) is 16.5. The molecule has 2 N–H and O–H groups in total. The summed E-state index contributed by atoms with van der Waals surface area (Å²) in [6, 6.07) is 13.2. The Kier molecular flexibility index (Phi) is 9.30. The minimum atomic E-state index is -1.62. The summed E-state index contributed by atoms with van der Waals surface area (Å²) in [5.74, 6) is 5.14. The monoisotopic (exact) mass is 462 g/mol. The van der Waals surface area contributed by atoms with E-state index in [-0.39, 0.29) is 24.5 Å². The van der Waals surface area contributed by atoms with Gasteiger partial charge in [0, 0.05) is 18.8 Å². The van der Waals surface area contributed by atoms with Crippen molar-refractivity contribution in [2.24, 2.45) is 5.92 Å². The number of hydrogen-bond donors (Lipinski definition) is 2. The van der Waals surface area contributed by atoms with Gasteiger partial charge in [-0.1, -0.05) is 68.9 Å². The number of rotatable bonds is 7. The molecule has 1 aliphatic rings. The Morgan fingerprint density at radius 1 is 1.06 bits per heavy atom. The molecule has 0 heterocycles. The lowest BCUT2D eigenvalue weighted by Gasteiger charge is -2.21. The number of fused-ring (bicyclic) bond motifs is 1. The van der Waals surface area contributed by atoms with Crippen molar-refractivity contribution in [3.63, 3.8) is 0 Å². The number of unbranched alkanes of at least 4 members (excludes halogenated alkanes) is 3. The summed E-state index contributed by atoms with van der Waals surface area (Å²) >= 11 is 0. The molecular formula is C29H34O5. The molecule has 0 spiro atoms. The van der Waals surface area contributed by atoms with Gasteiger partial charge in [0.25, 0.3) is 0 Å². The van der Waals surface area contributed by atoms with E-state index in [1.807, 2.05) is 30.3 Å². The average Bonchev–Trinajstić information content (AvgIpc) is 2.86. The maximum Gasteiger partial charge on any atom is 0.172 e. The van der Waals surface area contributed by atoms with Crippen LogP contribution in [0.1, 0.15) is 74.5 Å². The van der Waals surface area contributed by atoms with Gasteiger partial charge in [0.2, 0.25) is 0 Å². The van der Waals surface area contributed by atoms with E-state index in [2.05, 4.69) is 18.8 Å². The van der Waals surface area contributed by atoms with E-state index in [9.17, 15) is 19.8 Å². The van der Waals surface area contributed by atoms with Crippen LogP contribution in [0.5, 0.6) is 11.5 Å². The van der Waals surface area contributed by atoms with Crippen molar-refractivity contribution in [1.29, 1.82) is 0 Å². The molecule has 2 aromatic rings. The van der Waals surface area contributed by atoms with Crippen LogP contribution in [-0.2, 0) is 16.0 Å². The highest BCUT2D eigenvalue weighted by atomic mass is 16.5. The summed E-state index contributed by atoms with van der Waals surface area (Å²) in [5, 5.41) is 21.0. The van der Waals surface area contributed by atoms with Gasteiger partial charge in [0.1, 0.15) is 0 Å². The molecule has 0 amide bonds. The zero-order chi connectivity index (χ0) is 24.5. The van der Waals surface area contributed by atoms with Crippen molar-refractivity contribution < 1.29 is 24.5 Å². The van der Waals surface area contributed by atoms with Crippen LogP contribution in [0.15, 0.2) is 42.5 Å². The molecule has 0 saturated heterocycles. The summed E-state index contributed by atoms with van der Waals surface area (Å²) in [6.45, 7) is 2.13. The number of aliphatic hydroxyl groups is 1. The number of phenolic OH excluding ortho intramolecular Hbond substituents is 1. The zero-order valence-corrected chi connectivity index (χ0v) is 20.0. The van der Waals surface area contributed by atoms with Gasteiger partial charge in [-0.3, -0.25) is 9.59 Å². The molecule has 34 heavy (non-hydrogen) atoms. The lowest BCUT2D eigenvalue weighted by Crippen LogP contribution is -2.35. The molecule has 3 unspecified atom stereocenters. The third kappa shape index (κ3) is 6.27. The Bertz CT molecular complexity index is 1050. The predicted molar refractivity (Wildman–Crippen MR) is 132 cm³/mol. The summed E-state index contributed by atoms with van der Waals surface area (Å²) in [4.78, 5) is 25.7. The summed E-state index contributed by atoms with van der Waals surface area (Å²) < 4.78 is 5.28. The molecule has 5 nitrogen and oxygen atoms in total. The third-order valence-electron chi connectivity index (χ3n) is 6.50. The molecule has 5 heteroatoms. The smallest absolute Gasteiger partial charge is 0.172 e. The highest BCUT2D eigenvalue weighted by molar-refractivity contribution is 6.06. The van der Waals surface area contributed by atoms with Crippen LogP contribution in [0.3, 0.4) is 0 Å². The number of aliphatic hydroxyl groups excluding tert-OH is 1. The zero-order valence-electron chi connectivity index (χ0n) is 20.0. The van der Waals surface area contributed by atoms with E-state index in [4.69, 9.17) is 4.74 Å². The molecule has 0 aromatic heterocycles. The van der Waals surface area contributed by atoms with E-state index in [0.29, 0.717) is 18.6 Å². The largest absolute Gasteiger partial charge is 0.504 e. The number of methoxy groups -OCH3 is 1. The summed E-state index contributed by atoms with van der Waals surface area (Å²) in [5.41, 5.74) is 2.56. The summed E-state index contributed by atoms with van der Waals surface area (Å²) in [7, 11) is 1.47. The Morgan fingerprint density at radius 2 is 1.82 bits per heavy atom. The minimum absolute atomic E-state index is 0.00594. The number of phenols is 1. The Labute approximate surface area is 202 Å².